The topological polar surface area (TPSA) is 69.7 Å². The Morgan fingerprint density at radius 1 is 1.32 bits per heavy atom. The van der Waals surface area contributed by atoms with Gasteiger partial charge < -0.3 is 10.2 Å². The molecule has 0 radical (unpaired) electrons. The fraction of sp³-hybridized carbons (Fsp3) is 0.526. The van der Waals surface area contributed by atoms with Crippen molar-refractivity contribution in [1.82, 2.24) is 4.90 Å². The van der Waals surface area contributed by atoms with Gasteiger partial charge in [-0.25, -0.2) is 0 Å². The summed E-state index contributed by atoms with van der Waals surface area (Å²) >= 11 is 0. The summed E-state index contributed by atoms with van der Waals surface area (Å²) in [6, 6.07) is 5.26. The smallest absolute Gasteiger partial charge is 0.252 e. The number of imide groups is 1. The number of benzene rings is 1. The van der Waals surface area contributed by atoms with E-state index in [1.807, 2.05) is 18.2 Å². The maximum absolute atomic E-state index is 12.5. The molecule has 0 bridgehead atoms. The molecule has 1 N–H and O–H groups in total. The number of likely N-dealkylation sites (tertiary alicyclic amines) is 1. The van der Waals surface area contributed by atoms with E-state index in [9.17, 15) is 14.4 Å². The summed E-state index contributed by atoms with van der Waals surface area (Å²) in [5, 5.41) is 3.20. The van der Waals surface area contributed by atoms with Crippen LogP contribution < -0.4 is 10.2 Å². The van der Waals surface area contributed by atoms with Gasteiger partial charge in [0, 0.05) is 31.4 Å². The van der Waals surface area contributed by atoms with E-state index in [4.69, 9.17) is 0 Å². The van der Waals surface area contributed by atoms with Crippen LogP contribution in [0.4, 0.5) is 11.4 Å². The van der Waals surface area contributed by atoms with Gasteiger partial charge in [0.1, 0.15) is 6.04 Å². The summed E-state index contributed by atoms with van der Waals surface area (Å²) in [6.07, 6.45) is 1.83. The first kappa shape index (κ1) is 17.5. The summed E-state index contributed by atoms with van der Waals surface area (Å²) in [5.74, 6) is 0.244. The van der Waals surface area contributed by atoms with Crippen molar-refractivity contribution in [3.8, 4) is 0 Å². The standard InChI is InChI=1S/C19H25N3O3/c1-12(2)6-8-22-18(24)11-16(19(22)25)20-15-4-5-17-14(10-15)7-9-21(17)13(3)23/h4-5,10,12,16,20H,6-9,11H2,1-3H3/t16-/m1/s1. The second-order valence-electron chi connectivity index (χ2n) is 7.23. The molecule has 0 spiro atoms. The number of carbonyl (C=O) groups is 3. The highest BCUT2D eigenvalue weighted by Crippen LogP contribution is 2.31. The van der Waals surface area contributed by atoms with Crippen LogP contribution in [0.3, 0.4) is 0 Å². The highest BCUT2D eigenvalue weighted by atomic mass is 16.2. The first-order valence-corrected chi connectivity index (χ1v) is 8.88. The number of fused-ring (bicyclic) bond motifs is 1. The number of amides is 3. The Hall–Kier alpha value is -2.37. The van der Waals surface area contributed by atoms with Gasteiger partial charge in [0.15, 0.2) is 0 Å². The van der Waals surface area contributed by atoms with Crippen LogP contribution in [0.2, 0.25) is 0 Å². The van der Waals surface area contributed by atoms with Crippen LogP contribution in [0.15, 0.2) is 18.2 Å². The summed E-state index contributed by atoms with van der Waals surface area (Å²) < 4.78 is 0. The van der Waals surface area contributed by atoms with Gasteiger partial charge in [0.05, 0.1) is 6.42 Å². The van der Waals surface area contributed by atoms with Crippen LogP contribution in [0.5, 0.6) is 0 Å². The minimum absolute atomic E-state index is 0.0387. The van der Waals surface area contributed by atoms with Gasteiger partial charge in [-0.3, -0.25) is 19.3 Å². The number of rotatable bonds is 5. The van der Waals surface area contributed by atoms with Crippen LogP contribution in [0.25, 0.3) is 0 Å². The van der Waals surface area contributed by atoms with Gasteiger partial charge in [-0.15, -0.1) is 0 Å². The molecule has 2 aliphatic rings. The lowest BCUT2D eigenvalue weighted by atomic mass is 10.1. The average Bonchev–Trinajstić information content (AvgIpc) is 3.07. The van der Waals surface area contributed by atoms with Crippen LogP contribution in [-0.4, -0.2) is 41.8 Å². The Bertz CT molecular complexity index is 714. The van der Waals surface area contributed by atoms with Gasteiger partial charge in [-0.2, -0.15) is 0 Å². The van der Waals surface area contributed by atoms with E-state index in [1.54, 1.807) is 11.8 Å². The fourth-order valence-corrected chi connectivity index (χ4v) is 3.44. The lowest BCUT2D eigenvalue weighted by Gasteiger charge is -2.18. The van der Waals surface area contributed by atoms with Crippen LogP contribution >= 0.6 is 0 Å². The lowest BCUT2D eigenvalue weighted by molar-refractivity contribution is -0.138. The number of nitrogens with zero attached hydrogens (tertiary/aromatic N) is 2. The number of anilines is 2. The maximum atomic E-state index is 12.5. The molecular formula is C19H25N3O3. The first-order chi connectivity index (χ1) is 11.9. The van der Waals surface area contributed by atoms with Crippen molar-refractivity contribution in [2.45, 2.75) is 46.1 Å². The molecule has 1 fully saturated rings. The molecule has 1 atom stereocenters. The largest absolute Gasteiger partial charge is 0.373 e. The molecule has 0 saturated carbocycles. The van der Waals surface area contributed by atoms with Crippen LogP contribution in [0, 0.1) is 5.92 Å². The Balaban J connectivity index is 1.68. The van der Waals surface area contributed by atoms with Crippen LogP contribution in [0.1, 0.15) is 39.2 Å². The normalized spacial score (nSPS) is 19.8. The Morgan fingerprint density at radius 2 is 2.08 bits per heavy atom. The molecule has 2 aliphatic heterocycles. The number of carbonyl (C=O) groups excluding carboxylic acids is 3. The van der Waals surface area contributed by atoms with E-state index in [1.165, 1.54) is 4.90 Å². The number of nitrogens with one attached hydrogen (secondary N) is 1. The number of hydrogen-bond donors (Lipinski definition) is 1. The zero-order valence-corrected chi connectivity index (χ0v) is 15.0. The van der Waals surface area contributed by atoms with Crippen molar-refractivity contribution >= 4 is 29.1 Å². The molecule has 0 unspecified atom stereocenters. The molecule has 25 heavy (non-hydrogen) atoms. The Morgan fingerprint density at radius 3 is 2.76 bits per heavy atom. The molecule has 1 saturated heterocycles. The molecule has 0 aromatic heterocycles. The van der Waals surface area contributed by atoms with E-state index in [-0.39, 0.29) is 24.1 Å². The van der Waals surface area contributed by atoms with E-state index in [2.05, 4.69) is 19.2 Å². The molecule has 134 valence electrons. The second kappa shape index (κ2) is 6.86. The third-order valence-corrected chi connectivity index (χ3v) is 4.87. The van der Waals surface area contributed by atoms with Crippen molar-refractivity contribution in [3.05, 3.63) is 23.8 Å². The molecule has 1 aromatic carbocycles. The minimum Gasteiger partial charge on any atom is -0.373 e. The quantitative estimate of drug-likeness (QED) is 0.832. The van der Waals surface area contributed by atoms with Crippen molar-refractivity contribution in [1.29, 1.82) is 0 Å². The molecule has 3 amide bonds. The third kappa shape index (κ3) is 3.52. The summed E-state index contributed by atoms with van der Waals surface area (Å²) in [6.45, 7) is 6.91. The maximum Gasteiger partial charge on any atom is 0.252 e. The average molecular weight is 343 g/mol. The summed E-state index contributed by atoms with van der Waals surface area (Å²) in [4.78, 5) is 39.4. The summed E-state index contributed by atoms with van der Waals surface area (Å²) in [5.41, 5.74) is 2.85. The molecule has 6 heteroatoms. The van der Waals surface area contributed by atoms with Crippen molar-refractivity contribution < 1.29 is 14.4 Å². The minimum atomic E-state index is -0.497. The predicted octanol–water partition coefficient (Wildman–Crippen LogP) is 2.18. The van der Waals surface area contributed by atoms with E-state index in [0.29, 0.717) is 19.0 Å². The van der Waals surface area contributed by atoms with Gasteiger partial charge in [0.2, 0.25) is 11.8 Å². The zero-order chi connectivity index (χ0) is 18.1. The molecule has 1 aromatic rings. The Kier molecular flexibility index (Phi) is 4.79. The van der Waals surface area contributed by atoms with Gasteiger partial charge >= 0.3 is 0 Å². The van der Waals surface area contributed by atoms with Crippen LogP contribution in [-0.2, 0) is 20.8 Å². The van der Waals surface area contributed by atoms with E-state index in [0.717, 1.165) is 29.8 Å². The van der Waals surface area contributed by atoms with Gasteiger partial charge in [0.25, 0.3) is 5.91 Å². The highest BCUT2D eigenvalue weighted by Gasteiger charge is 2.38. The van der Waals surface area contributed by atoms with Crippen molar-refractivity contribution in [3.63, 3.8) is 0 Å². The Labute approximate surface area is 148 Å². The zero-order valence-electron chi connectivity index (χ0n) is 15.0. The molecule has 6 nitrogen and oxygen atoms in total. The highest BCUT2D eigenvalue weighted by molar-refractivity contribution is 6.06. The van der Waals surface area contributed by atoms with Gasteiger partial charge in [-0.1, -0.05) is 13.8 Å². The second-order valence-corrected chi connectivity index (χ2v) is 7.23. The summed E-state index contributed by atoms with van der Waals surface area (Å²) in [7, 11) is 0. The number of hydrogen-bond acceptors (Lipinski definition) is 4. The fourth-order valence-electron chi connectivity index (χ4n) is 3.44. The molecule has 0 aliphatic carbocycles. The SMILES string of the molecule is CC(=O)N1CCc2cc(N[C@@H]3CC(=O)N(CCC(C)C)C3=O)ccc21. The predicted molar refractivity (Wildman–Crippen MR) is 96.4 cm³/mol. The van der Waals surface area contributed by atoms with E-state index >= 15 is 0 Å². The van der Waals surface area contributed by atoms with Crippen molar-refractivity contribution in [2.24, 2.45) is 5.92 Å². The first-order valence-electron chi connectivity index (χ1n) is 8.88. The lowest BCUT2D eigenvalue weighted by Crippen LogP contribution is -2.35. The van der Waals surface area contributed by atoms with Crippen molar-refractivity contribution in [2.75, 3.05) is 23.3 Å². The third-order valence-electron chi connectivity index (χ3n) is 4.87. The van der Waals surface area contributed by atoms with Gasteiger partial charge in [-0.05, 0) is 42.5 Å². The monoisotopic (exact) mass is 343 g/mol. The molecule has 2 heterocycles. The van der Waals surface area contributed by atoms with E-state index < -0.39 is 6.04 Å². The molecular weight excluding hydrogens is 318 g/mol. The molecule has 3 rings (SSSR count).